The van der Waals surface area contributed by atoms with Gasteiger partial charge in [-0.25, -0.2) is 9.98 Å². The quantitative estimate of drug-likeness (QED) is 0.161. The van der Waals surface area contributed by atoms with Gasteiger partial charge < -0.3 is 5.11 Å². The van der Waals surface area contributed by atoms with E-state index in [4.69, 9.17) is 9.98 Å². The molecule has 1 atom stereocenters. The molecule has 0 aromatic heterocycles. The number of aliphatic hydroxyl groups excluding tert-OH is 1. The van der Waals surface area contributed by atoms with Crippen LogP contribution in [0, 0.1) is 22.7 Å². The van der Waals surface area contributed by atoms with Gasteiger partial charge in [-0.3, -0.25) is 14.6 Å². The maximum absolute atomic E-state index is 13.8. The van der Waals surface area contributed by atoms with Gasteiger partial charge >= 0.3 is 0 Å². The van der Waals surface area contributed by atoms with Crippen molar-refractivity contribution in [1.29, 1.82) is 10.5 Å². The highest BCUT2D eigenvalue weighted by molar-refractivity contribution is 8.19. The summed E-state index contributed by atoms with van der Waals surface area (Å²) >= 11 is 2.66. The van der Waals surface area contributed by atoms with Crippen LogP contribution in [0.2, 0.25) is 0 Å². The molecule has 8 rings (SSSR count). The van der Waals surface area contributed by atoms with E-state index < -0.39 is 6.23 Å². The fourth-order valence-corrected chi connectivity index (χ4v) is 8.30. The second-order valence-corrected chi connectivity index (χ2v) is 14.7. The molecule has 10 heteroatoms. The summed E-state index contributed by atoms with van der Waals surface area (Å²) in [5, 5.41) is 32.1. The third-order valence-electron chi connectivity index (χ3n) is 8.89. The Kier molecular flexibility index (Phi) is 10.4. The number of amides is 1. The molecule has 1 unspecified atom stereocenters. The number of nitriles is 2. The Morgan fingerprint density at radius 3 is 1.93 bits per heavy atom. The first-order valence-corrected chi connectivity index (χ1v) is 19.2. The number of carbonyl (C=O) groups excluding carboxylic acids is 1. The van der Waals surface area contributed by atoms with Crippen LogP contribution in [0.3, 0.4) is 0 Å². The molecule has 0 saturated carbocycles. The van der Waals surface area contributed by atoms with Gasteiger partial charge in [0.05, 0.1) is 45.2 Å². The SMILES string of the molecule is N#Cc1ccc(/C=C2\S/C(=N\c3cccc(-c4cc(C#N)cc(/C=C5\S/C(=N\c6ccccc6)N(c6ccccc6)C5O)c4)c3)N(c3ccccc3)C2=O)cc1. The van der Waals surface area contributed by atoms with Crippen molar-refractivity contribution in [1.82, 2.24) is 0 Å². The number of rotatable bonds is 7. The van der Waals surface area contributed by atoms with Gasteiger partial charge in [-0.1, -0.05) is 90.6 Å². The molecule has 2 aliphatic rings. The van der Waals surface area contributed by atoms with Crippen LogP contribution in [0.4, 0.5) is 22.7 Å². The summed E-state index contributed by atoms with van der Waals surface area (Å²) in [4.78, 5) is 28.3. The molecule has 2 saturated heterocycles. The van der Waals surface area contributed by atoms with E-state index in [0.717, 1.165) is 33.6 Å². The summed E-state index contributed by atoms with van der Waals surface area (Å²) in [7, 11) is 0. The van der Waals surface area contributed by atoms with Crippen LogP contribution >= 0.6 is 23.5 Å². The van der Waals surface area contributed by atoms with Crippen molar-refractivity contribution < 1.29 is 9.90 Å². The molecule has 2 fully saturated rings. The lowest BCUT2D eigenvalue weighted by Crippen LogP contribution is -2.32. The number of carbonyl (C=O) groups is 1. The largest absolute Gasteiger partial charge is 0.368 e. The molecule has 56 heavy (non-hydrogen) atoms. The fourth-order valence-electron chi connectivity index (χ4n) is 6.23. The number of nitrogens with zero attached hydrogens (tertiary/aromatic N) is 6. The van der Waals surface area contributed by atoms with Crippen LogP contribution in [0.1, 0.15) is 22.3 Å². The molecule has 2 heterocycles. The highest BCUT2D eigenvalue weighted by Crippen LogP contribution is 2.41. The maximum atomic E-state index is 13.8. The Bertz CT molecular complexity index is 2650. The van der Waals surface area contributed by atoms with E-state index in [0.29, 0.717) is 42.6 Å². The molecule has 2 aliphatic heterocycles. The van der Waals surface area contributed by atoms with Crippen LogP contribution in [0.15, 0.2) is 178 Å². The predicted molar refractivity (Wildman–Crippen MR) is 228 cm³/mol. The first kappa shape index (κ1) is 36.0. The molecular formula is C46H30N6O2S2. The van der Waals surface area contributed by atoms with E-state index in [1.165, 1.54) is 23.5 Å². The smallest absolute Gasteiger partial charge is 0.271 e. The number of hydrogen-bond acceptors (Lipinski definition) is 8. The van der Waals surface area contributed by atoms with Crippen LogP contribution in [0.25, 0.3) is 23.3 Å². The van der Waals surface area contributed by atoms with Crippen molar-refractivity contribution in [2.24, 2.45) is 9.98 Å². The molecule has 0 spiro atoms. The van der Waals surface area contributed by atoms with Crippen molar-refractivity contribution in [3.8, 4) is 23.3 Å². The van der Waals surface area contributed by atoms with Gasteiger partial charge in [0, 0.05) is 10.6 Å². The van der Waals surface area contributed by atoms with E-state index in [2.05, 4.69) is 12.1 Å². The normalized spacial score (nSPS) is 18.2. The lowest BCUT2D eigenvalue weighted by molar-refractivity contribution is -0.113. The number of aliphatic hydroxyl groups is 1. The third kappa shape index (κ3) is 7.81. The highest BCUT2D eigenvalue weighted by Gasteiger charge is 2.36. The Morgan fingerprint density at radius 2 is 1.23 bits per heavy atom. The number of benzene rings is 6. The third-order valence-corrected chi connectivity index (χ3v) is 10.9. The van der Waals surface area contributed by atoms with Crippen molar-refractivity contribution in [3.63, 3.8) is 0 Å². The van der Waals surface area contributed by atoms with Crippen molar-refractivity contribution >= 4 is 74.7 Å². The molecule has 8 nitrogen and oxygen atoms in total. The van der Waals surface area contributed by atoms with E-state index >= 15 is 0 Å². The number of hydrogen-bond donors (Lipinski definition) is 1. The predicted octanol–water partition coefficient (Wildman–Crippen LogP) is 10.5. The molecule has 6 aromatic carbocycles. The standard InChI is InChI=1S/C46H30N6O2S2/c47-29-32-21-19-31(20-22-32)26-41-43(53)52(40-17-8-3-9-18-40)46(55-41)50-38-14-10-11-35(28-38)36-24-33(23-34(25-36)30-48)27-42-44(54)51(39-15-6-2-7-16-39)45(56-42)49-37-12-4-1-5-13-37/h1-28,44,54H/b41-26-,42-27-,49-45-,50-46-. The van der Waals surface area contributed by atoms with Gasteiger partial charge in [0.2, 0.25) is 0 Å². The average Bonchev–Trinajstić information content (AvgIpc) is 3.71. The van der Waals surface area contributed by atoms with E-state index in [9.17, 15) is 20.4 Å². The minimum atomic E-state index is -0.992. The van der Waals surface area contributed by atoms with E-state index in [-0.39, 0.29) is 5.91 Å². The van der Waals surface area contributed by atoms with Crippen molar-refractivity contribution in [2.45, 2.75) is 6.23 Å². The summed E-state index contributed by atoms with van der Waals surface area (Å²) < 4.78 is 0. The van der Waals surface area contributed by atoms with Crippen LogP contribution in [0.5, 0.6) is 0 Å². The Labute approximate surface area is 332 Å². The summed E-state index contributed by atoms with van der Waals surface area (Å²) in [6.45, 7) is 0. The summed E-state index contributed by atoms with van der Waals surface area (Å²) in [6.07, 6.45) is 2.71. The van der Waals surface area contributed by atoms with Gasteiger partial charge in [-0.05, 0) is 125 Å². The van der Waals surface area contributed by atoms with Gasteiger partial charge in [0.25, 0.3) is 5.91 Å². The molecule has 0 radical (unpaired) electrons. The molecule has 268 valence electrons. The summed E-state index contributed by atoms with van der Waals surface area (Å²) in [5.74, 6) is -0.199. The number of aliphatic imine (C=N–C) groups is 2. The van der Waals surface area contributed by atoms with Crippen molar-refractivity contribution in [3.05, 3.63) is 190 Å². The minimum absolute atomic E-state index is 0.199. The molecule has 0 aliphatic carbocycles. The Morgan fingerprint density at radius 1 is 0.589 bits per heavy atom. The summed E-state index contributed by atoms with van der Waals surface area (Å²) in [6, 6.07) is 53.4. The zero-order valence-electron chi connectivity index (χ0n) is 29.6. The Balaban J connectivity index is 1.13. The summed E-state index contributed by atoms with van der Waals surface area (Å²) in [5.41, 5.74) is 7.08. The number of thioether (sulfide) groups is 2. The lowest BCUT2D eigenvalue weighted by atomic mass is 9.99. The lowest BCUT2D eigenvalue weighted by Gasteiger charge is -2.22. The van der Waals surface area contributed by atoms with Crippen molar-refractivity contribution in [2.75, 3.05) is 9.80 Å². The van der Waals surface area contributed by atoms with Crippen LogP contribution < -0.4 is 9.80 Å². The zero-order valence-corrected chi connectivity index (χ0v) is 31.2. The average molecular weight is 763 g/mol. The number of para-hydroxylation sites is 3. The van der Waals surface area contributed by atoms with Gasteiger partial charge in [-0.15, -0.1) is 0 Å². The first-order chi connectivity index (χ1) is 27.4. The van der Waals surface area contributed by atoms with Gasteiger partial charge in [-0.2, -0.15) is 10.5 Å². The second kappa shape index (κ2) is 16.2. The van der Waals surface area contributed by atoms with E-state index in [1.54, 1.807) is 28.0 Å². The second-order valence-electron chi connectivity index (χ2n) is 12.7. The zero-order chi connectivity index (χ0) is 38.4. The maximum Gasteiger partial charge on any atom is 0.271 e. The molecule has 1 amide bonds. The first-order valence-electron chi connectivity index (χ1n) is 17.5. The number of amidine groups is 2. The minimum Gasteiger partial charge on any atom is -0.368 e. The van der Waals surface area contributed by atoms with Crippen LogP contribution in [-0.4, -0.2) is 27.6 Å². The molecule has 0 bridgehead atoms. The Hall–Kier alpha value is -6.95. The number of anilines is 2. The van der Waals surface area contributed by atoms with Gasteiger partial charge in [0.15, 0.2) is 16.6 Å². The topological polar surface area (TPSA) is 116 Å². The molecule has 6 aromatic rings. The van der Waals surface area contributed by atoms with E-state index in [1.807, 2.05) is 152 Å². The fraction of sp³-hybridized carbons (Fsp3) is 0.0217. The molecule has 1 N–H and O–H groups in total. The van der Waals surface area contributed by atoms with Crippen LogP contribution in [-0.2, 0) is 4.79 Å². The molecular weight excluding hydrogens is 733 g/mol. The monoisotopic (exact) mass is 762 g/mol. The highest BCUT2D eigenvalue weighted by atomic mass is 32.2. The van der Waals surface area contributed by atoms with Gasteiger partial charge in [0.1, 0.15) is 0 Å².